The second-order valence-corrected chi connectivity index (χ2v) is 5.97. The van der Waals surface area contributed by atoms with E-state index < -0.39 is 0 Å². The third kappa shape index (κ3) is 1.83. The summed E-state index contributed by atoms with van der Waals surface area (Å²) >= 11 is 7.77. The molecule has 0 unspecified atom stereocenters. The van der Waals surface area contributed by atoms with Crippen molar-refractivity contribution in [2.45, 2.75) is 18.9 Å². The molecule has 2 aromatic heterocycles. The van der Waals surface area contributed by atoms with Crippen LogP contribution in [-0.4, -0.2) is 30.6 Å². The first-order valence-corrected chi connectivity index (χ1v) is 7.39. The minimum absolute atomic E-state index is 0.0292. The summed E-state index contributed by atoms with van der Waals surface area (Å²) in [5.41, 5.74) is 1.36. The molecule has 0 N–H and O–H groups in total. The Hall–Kier alpha value is -1.01. The van der Waals surface area contributed by atoms with Gasteiger partial charge in [-0.1, -0.05) is 0 Å². The van der Waals surface area contributed by atoms with Gasteiger partial charge in [-0.3, -0.25) is 9.13 Å². The maximum Gasteiger partial charge on any atom is 0.330 e. The predicted octanol–water partition coefficient (Wildman–Crippen LogP) is 1.85. The molecule has 18 heavy (non-hydrogen) atoms. The van der Waals surface area contributed by atoms with E-state index in [9.17, 15) is 4.79 Å². The Labute approximate surface area is 113 Å². The standard InChI is InChI=1S/C11H13ClN4OS/c1-15-8-6-13-10(12)14-9(8)16(11(15)17)7-2-4-18-5-3-7/h6-7H,2-5H2,1H3. The van der Waals surface area contributed by atoms with Gasteiger partial charge in [0.15, 0.2) is 5.65 Å². The maximum absolute atomic E-state index is 12.3. The van der Waals surface area contributed by atoms with E-state index in [0.717, 1.165) is 29.9 Å². The van der Waals surface area contributed by atoms with Gasteiger partial charge in [-0.25, -0.2) is 9.78 Å². The molecule has 96 valence electrons. The number of fused-ring (bicyclic) bond motifs is 1. The molecule has 1 aliphatic rings. The topological polar surface area (TPSA) is 52.7 Å². The highest BCUT2D eigenvalue weighted by Crippen LogP contribution is 2.28. The lowest BCUT2D eigenvalue weighted by Gasteiger charge is -2.22. The van der Waals surface area contributed by atoms with Crippen LogP contribution in [-0.2, 0) is 7.05 Å². The zero-order valence-corrected chi connectivity index (χ0v) is 11.5. The van der Waals surface area contributed by atoms with Crippen molar-refractivity contribution in [2.75, 3.05) is 11.5 Å². The Morgan fingerprint density at radius 1 is 1.44 bits per heavy atom. The summed E-state index contributed by atoms with van der Waals surface area (Å²) < 4.78 is 3.37. The third-order valence-corrected chi connectivity index (χ3v) is 4.59. The van der Waals surface area contributed by atoms with Crippen molar-refractivity contribution in [1.82, 2.24) is 19.1 Å². The molecule has 0 saturated carbocycles. The third-order valence-electron chi connectivity index (χ3n) is 3.36. The van der Waals surface area contributed by atoms with Gasteiger partial charge >= 0.3 is 5.69 Å². The van der Waals surface area contributed by atoms with Crippen LogP contribution in [0.1, 0.15) is 18.9 Å². The van der Waals surface area contributed by atoms with Gasteiger partial charge in [0.1, 0.15) is 5.52 Å². The molecule has 0 bridgehead atoms. The first-order valence-electron chi connectivity index (χ1n) is 5.85. The number of aromatic nitrogens is 4. The molecule has 0 radical (unpaired) electrons. The number of imidazole rings is 1. The molecule has 2 aromatic rings. The van der Waals surface area contributed by atoms with E-state index in [1.165, 1.54) is 0 Å². The van der Waals surface area contributed by atoms with Crippen molar-refractivity contribution in [3.8, 4) is 0 Å². The van der Waals surface area contributed by atoms with Crippen LogP contribution in [0.25, 0.3) is 11.2 Å². The number of halogens is 1. The highest BCUT2D eigenvalue weighted by Gasteiger charge is 2.22. The molecule has 3 rings (SSSR count). The Morgan fingerprint density at radius 2 is 2.17 bits per heavy atom. The van der Waals surface area contributed by atoms with Gasteiger partial charge in [0.25, 0.3) is 0 Å². The molecule has 1 fully saturated rings. The van der Waals surface area contributed by atoms with Crippen molar-refractivity contribution in [3.05, 3.63) is 22.0 Å². The van der Waals surface area contributed by atoms with E-state index in [4.69, 9.17) is 11.6 Å². The quantitative estimate of drug-likeness (QED) is 0.750. The fourth-order valence-electron chi connectivity index (χ4n) is 2.39. The summed E-state index contributed by atoms with van der Waals surface area (Å²) in [5.74, 6) is 2.18. The van der Waals surface area contributed by atoms with Gasteiger partial charge < -0.3 is 0 Å². The van der Waals surface area contributed by atoms with E-state index in [1.54, 1.807) is 22.4 Å². The van der Waals surface area contributed by atoms with Gasteiger partial charge in [0.05, 0.1) is 6.20 Å². The molecule has 0 aromatic carbocycles. The largest absolute Gasteiger partial charge is 0.330 e. The average Bonchev–Trinajstić information content (AvgIpc) is 2.63. The summed E-state index contributed by atoms with van der Waals surface area (Å²) in [6.07, 6.45) is 3.62. The van der Waals surface area contributed by atoms with Crippen LogP contribution in [0, 0.1) is 0 Å². The Bertz CT molecular complexity index is 644. The molecular formula is C11H13ClN4OS. The van der Waals surface area contributed by atoms with Crippen LogP contribution in [0.3, 0.4) is 0 Å². The summed E-state index contributed by atoms with van der Waals surface area (Å²) in [7, 11) is 1.75. The summed E-state index contributed by atoms with van der Waals surface area (Å²) in [5, 5.41) is 0.187. The molecule has 0 atom stereocenters. The molecule has 0 spiro atoms. The normalized spacial score (nSPS) is 17.4. The predicted molar refractivity (Wildman–Crippen MR) is 73.4 cm³/mol. The fourth-order valence-corrected chi connectivity index (χ4v) is 3.60. The smallest absolute Gasteiger partial charge is 0.292 e. The number of thioether (sulfide) groups is 1. The zero-order valence-electron chi connectivity index (χ0n) is 9.97. The molecule has 0 aliphatic carbocycles. The van der Waals surface area contributed by atoms with Crippen LogP contribution < -0.4 is 5.69 Å². The minimum atomic E-state index is -0.0292. The summed E-state index contributed by atoms with van der Waals surface area (Å²) in [4.78, 5) is 20.5. The zero-order chi connectivity index (χ0) is 12.7. The lowest BCUT2D eigenvalue weighted by atomic mass is 10.1. The van der Waals surface area contributed by atoms with Gasteiger partial charge in [0.2, 0.25) is 5.28 Å². The van der Waals surface area contributed by atoms with E-state index in [2.05, 4.69) is 9.97 Å². The van der Waals surface area contributed by atoms with Crippen molar-refractivity contribution in [3.63, 3.8) is 0 Å². The number of nitrogens with zero attached hydrogens (tertiary/aromatic N) is 4. The lowest BCUT2D eigenvalue weighted by Crippen LogP contribution is -2.28. The minimum Gasteiger partial charge on any atom is -0.292 e. The highest BCUT2D eigenvalue weighted by molar-refractivity contribution is 7.99. The van der Waals surface area contributed by atoms with Crippen LogP contribution in [0.4, 0.5) is 0 Å². The number of rotatable bonds is 1. The Kier molecular flexibility index (Phi) is 3.07. The van der Waals surface area contributed by atoms with Crippen molar-refractivity contribution >= 4 is 34.5 Å². The highest BCUT2D eigenvalue weighted by atomic mass is 35.5. The van der Waals surface area contributed by atoms with Gasteiger partial charge in [-0.2, -0.15) is 16.7 Å². The van der Waals surface area contributed by atoms with Crippen LogP contribution in [0.15, 0.2) is 11.0 Å². The van der Waals surface area contributed by atoms with Crippen LogP contribution >= 0.6 is 23.4 Å². The van der Waals surface area contributed by atoms with Crippen molar-refractivity contribution < 1.29 is 0 Å². The molecular weight excluding hydrogens is 272 g/mol. The molecule has 5 nitrogen and oxygen atoms in total. The number of hydrogen-bond donors (Lipinski definition) is 0. The second-order valence-electron chi connectivity index (χ2n) is 4.40. The first kappa shape index (κ1) is 12.0. The van der Waals surface area contributed by atoms with Gasteiger partial charge in [-0.05, 0) is 35.9 Å². The van der Waals surface area contributed by atoms with E-state index in [0.29, 0.717) is 5.65 Å². The van der Waals surface area contributed by atoms with Crippen molar-refractivity contribution in [2.24, 2.45) is 7.05 Å². The Morgan fingerprint density at radius 3 is 2.89 bits per heavy atom. The lowest BCUT2D eigenvalue weighted by molar-refractivity contribution is 0.461. The van der Waals surface area contributed by atoms with Crippen LogP contribution in [0.5, 0.6) is 0 Å². The second kappa shape index (κ2) is 4.59. The SMILES string of the molecule is Cn1c(=O)n(C2CCSCC2)c2nc(Cl)ncc21. The molecule has 3 heterocycles. The van der Waals surface area contributed by atoms with Crippen LogP contribution in [0.2, 0.25) is 5.28 Å². The van der Waals surface area contributed by atoms with Gasteiger partial charge in [-0.15, -0.1) is 0 Å². The monoisotopic (exact) mass is 284 g/mol. The van der Waals surface area contributed by atoms with E-state index >= 15 is 0 Å². The number of aryl methyl sites for hydroxylation is 1. The van der Waals surface area contributed by atoms with Gasteiger partial charge in [0, 0.05) is 13.1 Å². The molecule has 1 aliphatic heterocycles. The molecule has 1 saturated heterocycles. The first-order chi connectivity index (χ1) is 8.68. The number of hydrogen-bond acceptors (Lipinski definition) is 4. The Balaban J connectivity index is 2.23. The average molecular weight is 285 g/mol. The molecule has 0 amide bonds. The summed E-state index contributed by atoms with van der Waals surface area (Å²) in [6.45, 7) is 0. The fraction of sp³-hybridized carbons (Fsp3) is 0.545. The summed E-state index contributed by atoms with van der Waals surface area (Å²) in [6, 6.07) is 0.230. The molecule has 7 heteroatoms. The maximum atomic E-state index is 12.3. The van der Waals surface area contributed by atoms with E-state index in [-0.39, 0.29) is 17.0 Å². The van der Waals surface area contributed by atoms with Crippen molar-refractivity contribution in [1.29, 1.82) is 0 Å². The van der Waals surface area contributed by atoms with E-state index in [1.807, 2.05) is 11.8 Å².